The molecule has 1 aromatic rings. The zero-order valence-corrected chi connectivity index (χ0v) is 20.1. The molecule has 0 aliphatic rings. The van der Waals surface area contributed by atoms with E-state index in [-0.39, 0.29) is 37.4 Å². The Labute approximate surface area is 203 Å². The Bertz CT molecular complexity index is 904. The highest BCUT2D eigenvalue weighted by atomic mass is 16.4. The van der Waals surface area contributed by atoms with Gasteiger partial charge in [0.25, 0.3) is 0 Å². The van der Waals surface area contributed by atoms with Crippen molar-refractivity contribution in [2.75, 3.05) is 0 Å². The van der Waals surface area contributed by atoms with Crippen molar-refractivity contribution in [1.29, 1.82) is 0 Å². The van der Waals surface area contributed by atoms with Crippen LogP contribution in [-0.4, -0.2) is 64.0 Å². The highest BCUT2D eigenvalue weighted by molar-refractivity contribution is 5.94. The first-order valence-corrected chi connectivity index (χ1v) is 11.3. The standard InChI is InChI=1S/C23H35N5O7/c1-12(2)10-17(27-20(31)16(24)8-9-19(25)30)22(33)28-18(21(32)26-13(3)23(34)35)11-14-4-6-15(29)7-5-14/h4-7,12-13,16-18,29H,8-11,24H2,1-3H3,(H2,25,30)(H,26,32)(H,27,31)(H,28,33)(H,34,35). The molecule has 194 valence electrons. The van der Waals surface area contributed by atoms with E-state index in [0.717, 1.165) is 0 Å². The number of carboxylic acids is 1. The van der Waals surface area contributed by atoms with Gasteiger partial charge in [0.15, 0.2) is 0 Å². The highest BCUT2D eigenvalue weighted by Crippen LogP contribution is 2.13. The third-order valence-electron chi connectivity index (χ3n) is 5.12. The highest BCUT2D eigenvalue weighted by Gasteiger charge is 2.30. The van der Waals surface area contributed by atoms with Crippen LogP contribution in [0.1, 0.15) is 45.6 Å². The molecule has 35 heavy (non-hydrogen) atoms. The van der Waals surface area contributed by atoms with E-state index in [1.165, 1.54) is 19.1 Å². The summed E-state index contributed by atoms with van der Waals surface area (Å²) in [6.45, 7) is 4.97. The molecule has 0 bridgehead atoms. The average Bonchev–Trinajstić information content (AvgIpc) is 2.77. The number of aliphatic carboxylic acids is 1. The van der Waals surface area contributed by atoms with E-state index in [4.69, 9.17) is 16.6 Å². The van der Waals surface area contributed by atoms with Gasteiger partial charge in [0.05, 0.1) is 6.04 Å². The molecule has 12 nitrogen and oxygen atoms in total. The minimum absolute atomic E-state index is 0.00463. The number of phenolic OH excluding ortho intramolecular Hbond substituents is 1. The van der Waals surface area contributed by atoms with Gasteiger partial charge in [0.1, 0.15) is 23.9 Å². The normalized spacial score (nSPS) is 14.3. The van der Waals surface area contributed by atoms with E-state index in [0.29, 0.717) is 5.56 Å². The molecule has 9 N–H and O–H groups in total. The van der Waals surface area contributed by atoms with E-state index in [1.807, 2.05) is 13.8 Å². The van der Waals surface area contributed by atoms with Crippen molar-refractivity contribution in [2.24, 2.45) is 17.4 Å². The van der Waals surface area contributed by atoms with Gasteiger partial charge in [-0.1, -0.05) is 26.0 Å². The molecule has 0 aromatic heterocycles. The molecule has 1 aromatic carbocycles. The summed E-state index contributed by atoms with van der Waals surface area (Å²) in [4.78, 5) is 60.5. The molecule has 0 spiro atoms. The number of nitrogens with two attached hydrogens (primary N) is 2. The van der Waals surface area contributed by atoms with E-state index >= 15 is 0 Å². The van der Waals surface area contributed by atoms with E-state index in [1.54, 1.807) is 12.1 Å². The summed E-state index contributed by atoms with van der Waals surface area (Å²) in [7, 11) is 0. The smallest absolute Gasteiger partial charge is 0.325 e. The predicted octanol–water partition coefficient (Wildman–Crippen LogP) is -0.867. The third-order valence-corrected chi connectivity index (χ3v) is 5.12. The van der Waals surface area contributed by atoms with Crippen molar-refractivity contribution >= 4 is 29.6 Å². The maximum Gasteiger partial charge on any atom is 0.325 e. The molecule has 0 saturated heterocycles. The second-order valence-corrected chi connectivity index (χ2v) is 8.80. The minimum Gasteiger partial charge on any atom is -0.508 e. The lowest BCUT2D eigenvalue weighted by molar-refractivity contribution is -0.141. The monoisotopic (exact) mass is 493 g/mol. The first kappa shape index (κ1) is 29.4. The van der Waals surface area contributed by atoms with Gasteiger partial charge in [0.2, 0.25) is 23.6 Å². The van der Waals surface area contributed by atoms with Crippen LogP contribution >= 0.6 is 0 Å². The zero-order valence-electron chi connectivity index (χ0n) is 20.1. The van der Waals surface area contributed by atoms with Gasteiger partial charge < -0.3 is 37.6 Å². The van der Waals surface area contributed by atoms with Crippen LogP contribution in [-0.2, 0) is 30.4 Å². The Kier molecular flexibility index (Phi) is 11.7. The molecule has 0 saturated carbocycles. The van der Waals surface area contributed by atoms with E-state index < -0.39 is 53.8 Å². The lowest BCUT2D eigenvalue weighted by atomic mass is 10.00. The number of carbonyl (C=O) groups is 5. The fraction of sp³-hybridized carbons (Fsp3) is 0.522. The van der Waals surface area contributed by atoms with Gasteiger partial charge >= 0.3 is 5.97 Å². The fourth-order valence-electron chi connectivity index (χ4n) is 3.14. The first-order valence-electron chi connectivity index (χ1n) is 11.3. The lowest BCUT2D eigenvalue weighted by Crippen LogP contribution is -2.57. The summed E-state index contributed by atoms with van der Waals surface area (Å²) in [5.41, 5.74) is 11.5. The van der Waals surface area contributed by atoms with Crippen molar-refractivity contribution in [2.45, 2.75) is 70.6 Å². The van der Waals surface area contributed by atoms with Gasteiger partial charge in [-0.2, -0.15) is 0 Å². The first-order chi connectivity index (χ1) is 16.3. The molecule has 0 fully saturated rings. The number of phenols is 1. The van der Waals surface area contributed by atoms with Crippen LogP contribution < -0.4 is 27.4 Å². The molecular formula is C23H35N5O7. The third kappa shape index (κ3) is 10.9. The minimum atomic E-state index is -1.25. The Balaban J connectivity index is 3.05. The molecule has 0 radical (unpaired) electrons. The van der Waals surface area contributed by atoms with Crippen LogP contribution in [0.2, 0.25) is 0 Å². The Morgan fingerprint density at radius 3 is 1.94 bits per heavy atom. The molecule has 0 heterocycles. The number of aromatic hydroxyl groups is 1. The molecule has 0 aliphatic heterocycles. The quantitative estimate of drug-likeness (QED) is 0.172. The summed E-state index contributed by atoms with van der Waals surface area (Å²) in [6.07, 6.45) is 0.159. The maximum atomic E-state index is 13.1. The number of primary amides is 1. The number of carbonyl (C=O) groups excluding carboxylic acids is 4. The largest absolute Gasteiger partial charge is 0.508 e. The zero-order chi connectivity index (χ0) is 26.7. The molecule has 1 rings (SSSR count). The molecule has 12 heteroatoms. The number of amides is 4. The molecule has 0 aliphatic carbocycles. The number of rotatable bonds is 14. The number of nitrogens with one attached hydrogen (secondary N) is 3. The maximum absolute atomic E-state index is 13.1. The fourth-order valence-corrected chi connectivity index (χ4v) is 3.14. The summed E-state index contributed by atoms with van der Waals surface area (Å²) in [5.74, 6) is -3.88. The SMILES string of the molecule is CC(C)CC(NC(=O)C(N)CCC(N)=O)C(=O)NC(Cc1ccc(O)cc1)C(=O)NC(C)C(=O)O. The van der Waals surface area contributed by atoms with Crippen molar-refractivity contribution in [3.05, 3.63) is 29.8 Å². The average molecular weight is 494 g/mol. The van der Waals surface area contributed by atoms with Crippen LogP contribution in [0.3, 0.4) is 0 Å². The molecule has 4 amide bonds. The van der Waals surface area contributed by atoms with Crippen molar-refractivity contribution in [3.8, 4) is 5.75 Å². The Morgan fingerprint density at radius 1 is 0.886 bits per heavy atom. The van der Waals surface area contributed by atoms with Crippen molar-refractivity contribution in [3.63, 3.8) is 0 Å². The Morgan fingerprint density at radius 2 is 1.43 bits per heavy atom. The van der Waals surface area contributed by atoms with Crippen LogP contribution in [0, 0.1) is 5.92 Å². The van der Waals surface area contributed by atoms with Crippen molar-refractivity contribution in [1.82, 2.24) is 16.0 Å². The van der Waals surface area contributed by atoms with Gasteiger partial charge in [-0.05, 0) is 43.4 Å². The van der Waals surface area contributed by atoms with E-state index in [9.17, 15) is 29.1 Å². The second kappa shape index (κ2) is 13.9. The number of hydrogen-bond donors (Lipinski definition) is 7. The summed E-state index contributed by atoms with van der Waals surface area (Å²) in [6, 6.07) is 1.51. The number of carboxylic acid groups (broad SMARTS) is 1. The van der Waals surface area contributed by atoms with Crippen molar-refractivity contribution < 1.29 is 34.2 Å². The Hall–Kier alpha value is -3.67. The van der Waals surface area contributed by atoms with Gasteiger partial charge in [-0.25, -0.2) is 0 Å². The van der Waals surface area contributed by atoms with E-state index in [2.05, 4.69) is 16.0 Å². The summed E-state index contributed by atoms with van der Waals surface area (Å²) in [5, 5.41) is 26.1. The predicted molar refractivity (Wildman–Crippen MR) is 127 cm³/mol. The van der Waals surface area contributed by atoms with Gasteiger partial charge in [-0.15, -0.1) is 0 Å². The van der Waals surface area contributed by atoms with Gasteiger partial charge in [0, 0.05) is 12.8 Å². The number of hydrogen-bond acceptors (Lipinski definition) is 7. The number of benzene rings is 1. The van der Waals surface area contributed by atoms with Crippen LogP contribution in [0.15, 0.2) is 24.3 Å². The molecule has 4 unspecified atom stereocenters. The summed E-state index contributed by atoms with van der Waals surface area (Å²) >= 11 is 0. The van der Waals surface area contributed by atoms with Crippen LogP contribution in [0.5, 0.6) is 5.75 Å². The molecule has 4 atom stereocenters. The molecular weight excluding hydrogens is 458 g/mol. The summed E-state index contributed by atoms with van der Waals surface area (Å²) < 4.78 is 0. The topological polar surface area (TPSA) is 214 Å². The van der Waals surface area contributed by atoms with Crippen LogP contribution in [0.4, 0.5) is 0 Å². The van der Waals surface area contributed by atoms with Crippen LogP contribution in [0.25, 0.3) is 0 Å². The lowest BCUT2D eigenvalue weighted by Gasteiger charge is -2.25. The van der Waals surface area contributed by atoms with Gasteiger partial charge in [-0.3, -0.25) is 24.0 Å². The second-order valence-electron chi connectivity index (χ2n) is 8.80.